The summed E-state index contributed by atoms with van der Waals surface area (Å²) in [5.74, 6) is -1.20. The van der Waals surface area contributed by atoms with Gasteiger partial charge in [-0.3, -0.25) is 4.79 Å². The summed E-state index contributed by atoms with van der Waals surface area (Å²) in [6, 6.07) is 18.3. The number of rotatable bonds is 3. The SMILES string of the molecule is CCC(C(=O)O)c1cccc2c1ccc1ccccc12. The van der Waals surface area contributed by atoms with Gasteiger partial charge in [0.2, 0.25) is 0 Å². The Balaban J connectivity index is 2.35. The standard InChI is InChI=1S/C18H16O2/c1-2-13(18(19)20)15-8-5-9-16-14-7-4-3-6-12(14)10-11-17(15)16/h3-11,13H,2H2,1H3,(H,19,20). The van der Waals surface area contributed by atoms with E-state index >= 15 is 0 Å². The van der Waals surface area contributed by atoms with Crippen molar-refractivity contribution >= 4 is 27.5 Å². The summed E-state index contributed by atoms with van der Waals surface area (Å²) in [6.45, 7) is 1.92. The minimum absolute atomic E-state index is 0.445. The molecule has 0 radical (unpaired) electrons. The lowest BCUT2D eigenvalue weighted by atomic mass is 9.90. The quantitative estimate of drug-likeness (QED) is 0.703. The van der Waals surface area contributed by atoms with Gasteiger partial charge in [0, 0.05) is 0 Å². The average molecular weight is 264 g/mol. The Morgan fingerprint density at radius 1 is 0.950 bits per heavy atom. The number of hydrogen-bond acceptors (Lipinski definition) is 1. The van der Waals surface area contributed by atoms with Gasteiger partial charge in [-0.25, -0.2) is 0 Å². The van der Waals surface area contributed by atoms with Crippen molar-refractivity contribution in [2.45, 2.75) is 19.3 Å². The zero-order valence-corrected chi connectivity index (χ0v) is 11.3. The highest BCUT2D eigenvalue weighted by molar-refractivity contribution is 6.09. The van der Waals surface area contributed by atoms with Gasteiger partial charge < -0.3 is 5.11 Å². The molecule has 0 fully saturated rings. The van der Waals surface area contributed by atoms with Crippen LogP contribution in [0.25, 0.3) is 21.5 Å². The third-order valence-electron chi connectivity index (χ3n) is 3.90. The fourth-order valence-electron chi connectivity index (χ4n) is 2.90. The van der Waals surface area contributed by atoms with Crippen LogP contribution in [-0.2, 0) is 4.79 Å². The monoisotopic (exact) mass is 264 g/mol. The molecule has 0 aliphatic heterocycles. The third-order valence-corrected chi connectivity index (χ3v) is 3.90. The number of carbonyl (C=O) groups is 1. The van der Waals surface area contributed by atoms with Crippen LogP contribution in [0.3, 0.4) is 0 Å². The van der Waals surface area contributed by atoms with Gasteiger partial charge in [0.05, 0.1) is 5.92 Å². The molecular formula is C18H16O2. The number of carboxylic acids is 1. The zero-order valence-electron chi connectivity index (χ0n) is 11.3. The molecule has 0 saturated heterocycles. The Morgan fingerprint density at radius 3 is 2.45 bits per heavy atom. The van der Waals surface area contributed by atoms with Crippen LogP contribution in [0.1, 0.15) is 24.8 Å². The van der Waals surface area contributed by atoms with Gasteiger partial charge in [0.15, 0.2) is 0 Å². The first-order chi connectivity index (χ1) is 9.72. The van der Waals surface area contributed by atoms with E-state index in [0.29, 0.717) is 6.42 Å². The van der Waals surface area contributed by atoms with Crippen LogP contribution in [0.4, 0.5) is 0 Å². The second kappa shape index (κ2) is 4.97. The summed E-state index contributed by atoms with van der Waals surface area (Å²) in [5, 5.41) is 13.9. The van der Waals surface area contributed by atoms with E-state index in [9.17, 15) is 9.90 Å². The lowest BCUT2D eigenvalue weighted by Crippen LogP contribution is -2.10. The topological polar surface area (TPSA) is 37.3 Å². The first-order valence-corrected chi connectivity index (χ1v) is 6.85. The summed E-state index contributed by atoms with van der Waals surface area (Å²) >= 11 is 0. The molecule has 0 aliphatic rings. The molecule has 1 N–H and O–H groups in total. The average Bonchev–Trinajstić information content (AvgIpc) is 2.47. The minimum Gasteiger partial charge on any atom is -0.481 e. The molecule has 100 valence electrons. The van der Waals surface area contributed by atoms with E-state index in [-0.39, 0.29) is 0 Å². The predicted molar refractivity (Wildman–Crippen MR) is 82.1 cm³/mol. The van der Waals surface area contributed by atoms with Gasteiger partial charge in [-0.05, 0) is 33.5 Å². The van der Waals surface area contributed by atoms with Gasteiger partial charge in [0.25, 0.3) is 0 Å². The largest absolute Gasteiger partial charge is 0.481 e. The molecule has 3 aromatic carbocycles. The van der Waals surface area contributed by atoms with Gasteiger partial charge in [-0.15, -0.1) is 0 Å². The highest BCUT2D eigenvalue weighted by atomic mass is 16.4. The fraction of sp³-hybridized carbons (Fsp3) is 0.167. The van der Waals surface area contributed by atoms with Crippen LogP contribution < -0.4 is 0 Å². The van der Waals surface area contributed by atoms with Crippen molar-refractivity contribution in [2.24, 2.45) is 0 Å². The van der Waals surface area contributed by atoms with Gasteiger partial charge in [-0.2, -0.15) is 0 Å². The van der Waals surface area contributed by atoms with Gasteiger partial charge >= 0.3 is 5.97 Å². The number of aliphatic carboxylic acids is 1. The molecular weight excluding hydrogens is 248 g/mol. The second-order valence-electron chi connectivity index (χ2n) is 5.03. The molecule has 3 rings (SSSR count). The fourth-order valence-corrected chi connectivity index (χ4v) is 2.90. The summed E-state index contributed by atoms with van der Waals surface area (Å²) < 4.78 is 0. The Kier molecular flexibility index (Phi) is 3.15. The molecule has 3 aromatic rings. The normalized spacial score (nSPS) is 12.7. The Morgan fingerprint density at radius 2 is 1.70 bits per heavy atom. The summed E-state index contributed by atoms with van der Waals surface area (Å²) in [4.78, 5) is 11.4. The summed E-state index contributed by atoms with van der Waals surface area (Å²) in [6.07, 6.45) is 0.598. The lowest BCUT2D eigenvalue weighted by Gasteiger charge is -2.14. The van der Waals surface area contributed by atoms with Crippen molar-refractivity contribution in [1.82, 2.24) is 0 Å². The predicted octanol–water partition coefficient (Wildman–Crippen LogP) is 4.57. The molecule has 0 amide bonds. The van der Waals surface area contributed by atoms with E-state index < -0.39 is 11.9 Å². The summed E-state index contributed by atoms with van der Waals surface area (Å²) in [7, 11) is 0. The van der Waals surface area contributed by atoms with Crippen LogP contribution in [-0.4, -0.2) is 11.1 Å². The molecule has 0 heterocycles. The molecule has 2 nitrogen and oxygen atoms in total. The Labute approximate surface area is 117 Å². The van der Waals surface area contributed by atoms with Crippen LogP contribution in [0.15, 0.2) is 54.6 Å². The maximum Gasteiger partial charge on any atom is 0.310 e. The van der Waals surface area contributed by atoms with E-state index in [2.05, 4.69) is 24.3 Å². The second-order valence-corrected chi connectivity index (χ2v) is 5.03. The van der Waals surface area contributed by atoms with E-state index in [1.807, 2.05) is 37.3 Å². The Hall–Kier alpha value is -2.35. The van der Waals surface area contributed by atoms with Crippen LogP contribution in [0.5, 0.6) is 0 Å². The zero-order chi connectivity index (χ0) is 14.1. The van der Waals surface area contributed by atoms with Gasteiger partial charge in [-0.1, -0.05) is 61.5 Å². The van der Waals surface area contributed by atoms with Crippen molar-refractivity contribution in [3.63, 3.8) is 0 Å². The van der Waals surface area contributed by atoms with Crippen molar-refractivity contribution in [3.05, 3.63) is 60.2 Å². The minimum atomic E-state index is -0.756. The third kappa shape index (κ3) is 1.94. The first kappa shape index (κ1) is 12.7. The molecule has 20 heavy (non-hydrogen) atoms. The smallest absolute Gasteiger partial charge is 0.310 e. The van der Waals surface area contributed by atoms with Crippen LogP contribution in [0, 0.1) is 0 Å². The van der Waals surface area contributed by atoms with Crippen LogP contribution >= 0.6 is 0 Å². The van der Waals surface area contributed by atoms with E-state index in [0.717, 1.165) is 16.3 Å². The summed E-state index contributed by atoms with van der Waals surface area (Å²) in [5.41, 5.74) is 0.906. The number of fused-ring (bicyclic) bond motifs is 3. The molecule has 1 unspecified atom stereocenters. The number of carboxylic acid groups (broad SMARTS) is 1. The van der Waals surface area contributed by atoms with Crippen molar-refractivity contribution < 1.29 is 9.90 Å². The van der Waals surface area contributed by atoms with Gasteiger partial charge in [0.1, 0.15) is 0 Å². The maximum atomic E-state index is 11.4. The number of benzene rings is 3. The molecule has 0 aliphatic carbocycles. The lowest BCUT2D eigenvalue weighted by molar-refractivity contribution is -0.138. The molecule has 0 aromatic heterocycles. The molecule has 2 heteroatoms. The van der Waals surface area contributed by atoms with E-state index in [1.165, 1.54) is 10.8 Å². The van der Waals surface area contributed by atoms with E-state index in [4.69, 9.17) is 0 Å². The molecule has 0 bridgehead atoms. The number of hydrogen-bond donors (Lipinski definition) is 1. The first-order valence-electron chi connectivity index (χ1n) is 6.85. The highest BCUT2D eigenvalue weighted by Gasteiger charge is 2.19. The highest BCUT2D eigenvalue weighted by Crippen LogP contribution is 2.32. The van der Waals surface area contributed by atoms with Crippen molar-refractivity contribution in [2.75, 3.05) is 0 Å². The van der Waals surface area contributed by atoms with Crippen LogP contribution in [0.2, 0.25) is 0 Å². The molecule has 0 spiro atoms. The Bertz CT molecular complexity index is 790. The van der Waals surface area contributed by atoms with Crippen molar-refractivity contribution in [1.29, 1.82) is 0 Å². The van der Waals surface area contributed by atoms with Crippen molar-refractivity contribution in [3.8, 4) is 0 Å². The molecule has 1 atom stereocenters. The maximum absolute atomic E-state index is 11.4. The van der Waals surface area contributed by atoms with E-state index in [1.54, 1.807) is 0 Å². The molecule has 0 saturated carbocycles.